The molecule has 2 atom stereocenters. The number of hydrogen-bond acceptors (Lipinski definition) is 4. The SMILES string of the molecule is CCOC(=O)[C@H](NC(=O)OCc1ccccc1)[C@H](c1ccccc1)c1c[nH]c2ccccc12. The zero-order valence-electron chi connectivity index (χ0n) is 18.4. The van der Waals surface area contributed by atoms with Gasteiger partial charge in [0.15, 0.2) is 0 Å². The molecule has 0 unspecified atom stereocenters. The van der Waals surface area contributed by atoms with Gasteiger partial charge in [-0.1, -0.05) is 78.9 Å². The monoisotopic (exact) mass is 442 g/mol. The van der Waals surface area contributed by atoms with E-state index in [2.05, 4.69) is 10.3 Å². The Morgan fingerprint density at radius 1 is 0.879 bits per heavy atom. The maximum atomic E-state index is 13.1. The van der Waals surface area contributed by atoms with Crippen molar-refractivity contribution < 1.29 is 19.1 Å². The van der Waals surface area contributed by atoms with Crippen LogP contribution in [0.4, 0.5) is 4.79 Å². The Morgan fingerprint density at radius 3 is 2.27 bits per heavy atom. The van der Waals surface area contributed by atoms with Gasteiger partial charge in [-0.15, -0.1) is 0 Å². The van der Waals surface area contributed by atoms with E-state index in [1.54, 1.807) is 6.92 Å². The number of benzene rings is 3. The minimum absolute atomic E-state index is 0.102. The smallest absolute Gasteiger partial charge is 0.408 e. The van der Waals surface area contributed by atoms with Crippen molar-refractivity contribution in [2.45, 2.75) is 25.5 Å². The van der Waals surface area contributed by atoms with Crippen LogP contribution in [0.5, 0.6) is 0 Å². The average molecular weight is 443 g/mol. The Balaban J connectivity index is 1.68. The fraction of sp³-hybridized carbons (Fsp3) is 0.185. The van der Waals surface area contributed by atoms with Crippen molar-refractivity contribution in [1.82, 2.24) is 10.3 Å². The predicted molar refractivity (Wildman–Crippen MR) is 127 cm³/mol. The number of alkyl carbamates (subject to hydrolysis) is 1. The van der Waals surface area contributed by atoms with Crippen LogP contribution in [0.2, 0.25) is 0 Å². The molecule has 1 aromatic heterocycles. The molecule has 3 aromatic carbocycles. The zero-order valence-corrected chi connectivity index (χ0v) is 18.4. The lowest BCUT2D eigenvalue weighted by Gasteiger charge is -2.26. The van der Waals surface area contributed by atoms with Gasteiger partial charge in [0.2, 0.25) is 0 Å². The third-order valence-corrected chi connectivity index (χ3v) is 5.47. The molecule has 0 aliphatic carbocycles. The first-order valence-electron chi connectivity index (χ1n) is 10.9. The third-order valence-electron chi connectivity index (χ3n) is 5.47. The highest BCUT2D eigenvalue weighted by Crippen LogP contribution is 2.34. The van der Waals surface area contributed by atoms with Crippen molar-refractivity contribution in [3.63, 3.8) is 0 Å². The second-order valence-corrected chi connectivity index (χ2v) is 7.61. The molecule has 2 N–H and O–H groups in total. The van der Waals surface area contributed by atoms with Gasteiger partial charge in [0.25, 0.3) is 0 Å². The van der Waals surface area contributed by atoms with Crippen LogP contribution >= 0.6 is 0 Å². The van der Waals surface area contributed by atoms with E-state index in [-0.39, 0.29) is 13.2 Å². The summed E-state index contributed by atoms with van der Waals surface area (Å²) in [6.07, 6.45) is 1.20. The van der Waals surface area contributed by atoms with Gasteiger partial charge in [0.1, 0.15) is 12.6 Å². The summed E-state index contributed by atoms with van der Waals surface area (Å²) < 4.78 is 10.8. The van der Waals surface area contributed by atoms with E-state index in [9.17, 15) is 9.59 Å². The second-order valence-electron chi connectivity index (χ2n) is 7.61. The number of ether oxygens (including phenoxy) is 2. The topological polar surface area (TPSA) is 80.4 Å². The second kappa shape index (κ2) is 10.5. The van der Waals surface area contributed by atoms with E-state index in [0.29, 0.717) is 0 Å². The summed E-state index contributed by atoms with van der Waals surface area (Å²) in [6, 6.07) is 25.9. The van der Waals surface area contributed by atoms with Crippen molar-refractivity contribution in [1.29, 1.82) is 0 Å². The lowest BCUT2D eigenvalue weighted by Crippen LogP contribution is -2.46. The fourth-order valence-corrected chi connectivity index (χ4v) is 3.97. The lowest BCUT2D eigenvalue weighted by molar-refractivity contribution is -0.145. The lowest BCUT2D eigenvalue weighted by atomic mass is 9.84. The summed E-state index contributed by atoms with van der Waals surface area (Å²) in [4.78, 5) is 29.1. The van der Waals surface area contributed by atoms with Crippen LogP contribution in [0.1, 0.15) is 29.5 Å². The van der Waals surface area contributed by atoms with Gasteiger partial charge in [-0.2, -0.15) is 0 Å². The number of carbonyl (C=O) groups is 2. The molecule has 6 heteroatoms. The molecule has 0 radical (unpaired) electrons. The molecule has 1 heterocycles. The molecule has 0 aliphatic heterocycles. The number of esters is 1. The highest BCUT2D eigenvalue weighted by atomic mass is 16.6. The Kier molecular flexibility index (Phi) is 7.05. The molecule has 0 spiro atoms. The number of hydrogen-bond donors (Lipinski definition) is 2. The average Bonchev–Trinajstić information content (AvgIpc) is 3.28. The van der Waals surface area contributed by atoms with E-state index in [1.807, 2.05) is 91.1 Å². The first kappa shape index (κ1) is 22.1. The molecule has 4 rings (SSSR count). The normalized spacial score (nSPS) is 12.6. The Bertz CT molecular complexity index is 1200. The van der Waals surface area contributed by atoms with Crippen LogP contribution in [0.15, 0.2) is 91.1 Å². The molecular weight excluding hydrogens is 416 g/mol. The number of fused-ring (bicyclic) bond motifs is 1. The molecule has 0 bridgehead atoms. The fourth-order valence-electron chi connectivity index (χ4n) is 3.97. The van der Waals surface area contributed by atoms with Gasteiger partial charge in [-0.3, -0.25) is 0 Å². The van der Waals surface area contributed by atoms with E-state index in [4.69, 9.17) is 9.47 Å². The maximum Gasteiger partial charge on any atom is 0.408 e. The summed E-state index contributed by atoms with van der Waals surface area (Å²) in [6.45, 7) is 2.04. The van der Waals surface area contributed by atoms with Crippen LogP contribution in [-0.2, 0) is 20.9 Å². The first-order valence-corrected chi connectivity index (χ1v) is 10.9. The van der Waals surface area contributed by atoms with Crippen LogP contribution in [-0.4, -0.2) is 29.7 Å². The molecule has 6 nitrogen and oxygen atoms in total. The zero-order chi connectivity index (χ0) is 23.0. The quantitative estimate of drug-likeness (QED) is 0.370. The minimum Gasteiger partial charge on any atom is -0.464 e. The van der Waals surface area contributed by atoms with Crippen molar-refractivity contribution >= 4 is 23.0 Å². The van der Waals surface area contributed by atoms with Crippen LogP contribution in [0, 0.1) is 0 Å². The molecule has 1 amide bonds. The molecule has 0 aliphatic rings. The maximum absolute atomic E-state index is 13.1. The van der Waals surface area contributed by atoms with Gasteiger partial charge < -0.3 is 19.8 Å². The predicted octanol–water partition coefficient (Wildman–Crippen LogP) is 5.16. The van der Waals surface area contributed by atoms with Gasteiger partial charge in [-0.05, 0) is 29.7 Å². The minimum atomic E-state index is -0.977. The van der Waals surface area contributed by atoms with Crippen LogP contribution < -0.4 is 5.32 Å². The largest absolute Gasteiger partial charge is 0.464 e. The number of carbonyl (C=O) groups excluding carboxylic acids is 2. The molecule has 0 saturated carbocycles. The van der Waals surface area contributed by atoms with Crippen molar-refractivity contribution in [3.05, 3.63) is 108 Å². The van der Waals surface area contributed by atoms with Crippen molar-refractivity contribution in [3.8, 4) is 0 Å². The van der Waals surface area contributed by atoms with Crippen molar-refractivity contribution in [2.24, 2.45) is 0 Å². The number of para-hydroxylation sites is 1. The molecule has 168 valence electrons. The molecule has 0 fully saturated rings. The van der Waals surface area contributed by atoms with E-state index in [1.165, 1.54) is 0 Å². The van der Waals surface area contributed by atoms with E-state index >= 15 is 0 Å². The molecule has 33 heavy (non-hydrogen) atoms. The first-order chi connectivity index (χ1) is 16.2. The molecule has 0 saturated heterocycles. The van der Waals surface area contributed by atoms with E-state index in [0.717, 1.165) is 27.6 Å². The number of amides is 1. The summed E-state index contributed by atoms with van der Waals surface area (Å²) >= 11 is 0. The highest BCUT2D eigenvalue weighted by molar-refractivity contribution is 5.88. The van der Waals surface area contributed by atoms with Crippen molar-refractivity contribution in [2.75, 3.05) is 6.61 Å². The Labute approximate surface area is 192 Å². The number of aromatic nitrogens is 1. The van der Waals surface area contributed by atoms with Gasteiger partial charge in [-0.25, -0.2) is 9.59 Å². The third kappa shape index (κ3) is 5.23. The van der Waals surface area contributed by atoms with Gasteiger partial charge in [0.05, 0.1) is 6.61 Å². The number of rotatable bonds is 8. The van der Waals surface area contributed by atoms with Gasteiger partial charge in [0, 0.05) is 23.0 Å². The summed E-state index contributed by atoms with van der Waals surface area (Å²) in [5, 5.41) is 3.75. The Morgan fingerprint density at radius 2 is 1.55 bits per heavy atom. The van der Waals surface area contributed by atoms with Gasteiger partial charge >= 0.3 is 12.1 Å². The summed E-state index contributed by atoms with van der Waals surface area (Å²) in [7, 11) is 0. The number of aromatic amines is 1. The summed E-state index contributed by atoms with van der Waals surface area (Å²) in [5.74, 6) is -1.00. The highest BCUT2D eigenvalue weighted by Gasteiger charge is 2.35. The number of H-pyrrole nitrogens is 1. The number of nitrogens with one attached hydrogen (secondary N) is 2. The van der Waals surface area contributed by atoms with Crippen LogP contribution in [0.3, 0.4) is 0 Å². The van der Waals surface area contributed by atoms with Crippen LogP contribution in [0.25, 0.3) is 10.9 Å². The Hall–Kier alpha value is -4.06. The summed E-state index contributed by atoms with van der Waals surface area (Å²) in [5.41, 5.74) is 3.57. The standard InChI is InChI=1S/C27H26N2O4/c1-2-32-26(30)25(29-27(31)33-18-19-11-5-3-6-12-19)24(20-13-7-4-8-14-20)22-17-28-23-16-10-9-15-21(22)23/h3-17,24-25,28H,2,18H2,1H3,(H,29,31)/t24-,25-/m1/s1. The molecular formula is C27H26N2O4. The van der Waals surface area contributed by atoms with E-state index < -0.39 is 24.0 Å². The molecule has 4 aromatic rings.